The van der Waals surface area contributed by atoms with Gasteiger partial charge >= 0.3 is 5.97 Å². The van der Waals surface area contributed by atoms with Crippen LogP contribution in [0.5, 0.6) is 23.0 Å². The van der Waals surface area contributed by atoms with Gasteiger partial charge in [-0.25, -0.2) is 4.79 Å². The monoisotopic (exact) mass is 284 g/mol. The van der Waals surface area contributed by atoms with Gasteiger partial charge in [-0.15, -0.1) is 0 Å². The zero-order chi connectivity index (χ0) is 15.1. The Bertz CT molecular complexity index is 736. The summed E-state index contributed by atoms with van der Waals surface area (Å²) in [5, 5.41) is 28.4. The van der Waals surface area contributed by atoms with Gasteiger partial charge in [0.1, 0.15) is 23.0 Å². The van der Waals surface area contributed by atoms with Crippen molar-refractivity contribution in [2.45, 2.75) is 6.92 Å². The van der Waals surface area contributed by atoms with Crippen LogP contribution in [0.15, 0.2) is 42.0 Å². The summed E-state index contributed by atoms with van der Waals surface area (Å²) >= 11 is 0. The molecule has 0 spiro atoms. The van der Waals surface area contributed by atoms with Gasteiger partial charge in [0.15, 0.2) is 0 Å². The lowest BCUT2D eigenvalue weighted by Gasteiger charge is -2.24. The number of aromatic hydroxyl groups is 2. The molecule has 5 heteroatoms. The van der Waals surface area contributed by atoms with Crippen LogP contribution in [0.1, 0.15) is 18.1 Å². The standard InChI is InChI=1S/C16H12O5/c1-8(16(19)20)15-11-4-2-9(17)6-13(11)21-14-7-10(18)3-5-12(14)15/h2-7,17-18H,1H3,(H,19,20). The summed E-state index contributed by atoms with van der Waals surface area (Å²) in [6.45, 7) is 1.51. The Morgan fingerprint density at radius 2 is 1.43 bits per heavy atom. The molecule has 0 atom stereocenters. The molecule has 0 amide bonds. The molecule has 0 saturated carbocycles. The van der Waals surface area contributed by atoms with Crippen molar-refractivity contribution in [3.05, 3.63) is 53.1 Å². The van der Waals surface area contributed by atoms with Crippen LogP contribution < -0.4 is 4.74 Å². The van der Waals surface area contributed by atoms with E-state index in [-0.39, 0.29) is 17.1 Å². The van der Waals surface area contributed by atoms with Crippen molar-refractivity contribution in [1.29, 1.82) is 0 Å². The van der Waals surface area contributed by atoms with E-state index in [1.807, 2.05) is 0 Å². The molecule has 1 heterocycles. The summed E-state index contributed by atoms with van der Waals surface area (Å²) in [6, 6.07) is 9.00. The molecule has 1 aliphatic rings. The van der Waals surface area contributed by atoms with E-state index in [0.29, 0.717) is 28.2 Å². The first-order valence-electron chi connectivity index (χ1n) is 6.26. The minimum atomic E-state index is -1.04. The number of hydrogen-bond acceptors (Lipinski definition) is 4. The van der Waals surface area contributed by atoms with Crippen LogP contribution in [0.2, 0.25) is 0 Å². The van der Waals surface area contributed by atoms with Crippen molar-refractivity contribution in [3.63, 3.8) is 0 Å². The molecule has 0 aromatic heterocycles. The lowest BCUT2D eigenvalue weighted by Crippen LogP contribution is -2.08. The van der Waals surface area contributed by atoms with E-state index in [4.69, 9.17) is 4.74 Å². The van der Waals surface area contributed by atoms with Gasteiger partial charge in [0.2, 0.25) is 0 Å². The third-order valence-corrected chi connectivity index (χ3v) is 3.38. The minimum Gasteiger partial charge on any atom is -0.508 e. The summed E-state index contributed by atoms with van der Waals surface area (Å²) in [5.74, 6) is -0.299. The maximum absolute atomic E-state index is 11.4. The highest BCUT2D eigenvalue weighted by Gasteiger charge is 2.26. The second-order valence-corrected chi connectivity index (χ2v) is 4.77. The molecule has 1 aliphatic heterocycles. The Morgan fingerprint density at radius 1 is 0.952 bits per heavy atom. The number of carboxylic acid groups (broad SMARTS) is 1. The van der Waals surface area contributed by atoms with Gasteiger partial charge in [0.25, 0.3) is 0 Å². The van der Waals surface area contributed by atoms with E-state index in [9.17, 15) is 20.1 Å². The second kappa shape index (κ2) is 4.56. The van der Waals surface area contributed by atoms with Crippen LogP contribution in [-0.2, 0) is 4.79 Å². The Labute approximate surface area is 120 Å². The molecule has 0 bridgehead atoms. The highest BCUT2D eigenvalue weighted by atomic mass is 16.5. The lowest BCUT2D eigenvalue weighted by atomic mass is 9.90. The van der Waals surface area contributed by atoms with E-state index in [0.717, 1.165) is 0 Å². The van der Waals surface area contributed by atoms with Gasteiger partial charge in [-0.2, -0.15) is 0 Å². The summed E-state index contributed by atoms with van der Waals surface area (Å²) in [5.41, 5.74) is 1.85. The average Bonchev–Trinajstić information content (AvgIpc) is 2.43. The number of fused-ring (bicyclic) bond motifs is 2. The first-order chi connectivity index (χ1) is 9.97. The Hall–Kier alpha value is -2.95. The molecule has 106 valence electrons. The second-order valence-electron chi connectivity index (χ2n) is 4.77. The van der Waals surface area contributed by atoms with Crippen molar-refractivity contribution in [2.24, 2.45) is 0 Å². The van der Waals surface area contributed by atoms with Crippen LogP contribution in [0.3, 0.4) is 0 Å². The maximum atomic E-state index is 11.4. The van der Waals surface area contributed by atoms with Crippen LogP contribution in [-0.4, -0.2) is 21.3 Å². The third-order valence-electron chi connectivity index (χ3n) is 3.38. The number of carboxylic acids is 1. The Balaban J connectivity index is 2.34. The lowest BCUT2D eigenvalue weighted by molar-refractivity contribution is -0.132. The largest absolute Gasteiger partial charge is 0.508 e. The SMILES string of the molecule is CC(C(=O)O)=C1c2ccc(O)cc2Oc2cc(O)ccc21. The third kappa shape index (κ3) is 2.08. The topological polar surface area (TPSA) is 87.0 Å². The number of benzene rings is 2. The summed E-state index contributed by atoms with van der Waals surface area (Å²) in [4.78, 5) is 11.4. The predicted molar refractivity (Wildman–Crippen MR) is 75.6 cm³/mol. The molecule has 2 aromatic carbocycles. The molecule has 5 nitrogen and oxygen atoms in total. The number of ether oxygens (including phenoxy) is 1. The summed E-state index contributed by atoms with van der Waals surface area (Å²) < 4.78 is 5.65. The average molecular weight is 284 g/mol. The van der Waals surface area contributed by atoms with E-state index >= 15 is 0 Å². The van der Waals surface area contributed by atoms with E-state index in [1.54, 1.807) is 12.1 Å². The molecular formula is C16H12O5. The minimum absolute atomic E-state index is 0.0182. The molecule has 0 aliphatic carbocycles. The van der Waals surface area contributed by atoms with E-state index in [2.05, 4.69) is 0 Å². The number of aliphatic carboxylic acids is 1. The fraction of sp³-hybridized carbons (Fsp3) is 0.0625. The zero-order valence-corrected chi connectivity index (χ0v) is 11.1. The molecule has 0 fully saturated rings. The van der Waals surface area contributed by atoms with Crippen LogP contribution in [0, 0.1) is 0 Å². The van der Waals surface area contributed by atoms with Gasteiger partial charge in [-0.05, 0) is 31.2 Å². The number of hydrogen-bond donors (Lipinski definition) is 3. The van der Waals surface area contributed by atoms with Crippen LogP contribution in [0.4, 0.5) is 0 Å². The summed E-state index contributed by atoms with van der Waals surface area (Å²) in [6.07, 6.45) is 0. The number of rotatable bonds is 1. The smallest absolute Gasteiger partial charge is 0.331 e. The molecule has 3 rings (SSSR count). The Morgan fingerprint density at radius 3 is 1.86 bits per heavy atom. The quantitative estimate of drug-likeness (QED) is 0.598. The molecule has 3 N–H and O–H groups in total. The van der Waals surface area contributed by atoms with Crippen molar-refractivity contribution in [1.82, 2.24) is 0 Å². The summed E-state index contributed by atoms with van der Waals surface area (Å²) in [7, 11) is 0. The molecule has 2 aromatic rings. The van der Waals surface area contributed by atoms with Crippen molar-refractivity contribution >= 4 is 11.5 Å². The fourth-order valence-corrected chi connectivity index (χ4v) is 2.38. The fourth-order valence-electron chi connectivity index (χ4n) is 2.38. The van der Waals surface area contributed by atoms with Crippen LogP contribution >= 0.6 is 0 Å². The van der Waals surface area contributed by atoms with Crippen molar-refractivity contribution < 1.29 is 24.9 Å². The normalized spacial score (nSPS) is 12.1. The number of carbonyl (C=O) groups is 1. The molecular weight excluding hydrogens is 272 g/mol. The van der Waals surface area contributed by atoms with E-state index in [1.165, 1.54) is 31.2 Å². The predicted octanol–water partition coefficient (Wildman–Crippen LogP) is 3.11. The molecule has 21 heavy (non-hydrogen) atoms. The number of phenolic OH excluding ortho intramolecular Hbond substituents is 2. The first kappa shape index (κ1) is 13.1. The van der Waals surface area contributed by atoms with Crippen molar-refractivity contribution in [3.8, 4) is 23.0 Å². The maximum Gasteiger partial charge on any atom is 0.331 e. The van der Waals surface area contributed by atoms with Gasteiger partial charge in [0, 0.05) is 34.4 Å². The van der Waals surface area contributed by atoms with Crippen LogP contribution in [0.25, 0.3) is 5.57 Å². The molecule has 0 radical (unpaired) electrons. The zero-order valence-electron chi connectivity index (χ0n) is 11.1. The van der Waals surface area contributed by atoms with Gasteiger partial charge in [-0.3, -0.25) is 0 Å². The Kier molecular flexibility index (Phi) is 2.83. The van der Waals surface area contributed by atoms with E-state index < -0.39 is 5.97 Å². The van der Waals surface area contributed by atoms with Gasteiger partial charge < -0.3 is 20.1 Å². The van der Waals surface area contributed by atoms with Gasteiger partial charge in [-0.1, -0.05) is 0 Å². The first-order valence-corrected chi connectivity index (χ1v) is 6.26. The van der Waals surface area contributed by atoms with Crippen molar-refractivity contribution in [2.75, 3.05) is 0 Å². The van der Waals surface area contributed by atoms with Gasteiger partial charge in [0.05, 0.1) is 0 Å². The molecule has 0 saturated heterocycles. The number of phenols is 2. The highest BCUT2D eigenvalue weighted by Crippen LogP contribution is 2.46. The highest BCUT2D eigenvalue weighted by molar-refractivity contribution is 6.03. The molecule has 0 unspecified atom stereocenters.